The largest absolute Gasteiger partial charge is 0.493 e. The summed E-state index contributed by atoms with van der Waals surface area (Å²) >= 11 is 0. The number of hydrogen-bond acceptors (Lipinski definition) is 4. The summed E-state index contributed by atoms with van der Waals surface area (Å²) < 4.78 is 11.3. The lowest BCUT2D eigenvalue weighted by Crippen LogP contribution is -2.61. The Morgan fingerprint density at radius 3 is 2.79 bits per heavy atom. The van der Waals surface area contributed by atoms with Gasteiger partial charge in [-0.15, -0.1) is 0 Å². The summed E-state index contributed by atoms with van der Waals surface area (Å²) in [5.41, 5.74) is 5.74. The van der Waals surface area contributed by atoms with Crippen LogP contribution in [0.1, 0.15) is 25.3 Å². The summed E-state index contributed by atoms with van der Waals surface area (Å²) in [6, 6.07) is 7.89. The van der Waals surface area contributed by atoms with Crippen molar-refractivity contribution in [1.82, 2.24) is 0 Å². The molecule has 0 spiro atoms. The lowest BCUT2D eigenvalue weighted by atomic mass is 9.61. The first-order valence-corrected chi connectivity index (χ1v) is 6.90. The summed E-state index contributed by atoms with van der Waals surface area (Å²) in [4.78, 5) is 0. The van der Waals surface area contributed by atoms with Crippen LogP contribution in [0.25, 0.3) is 0 Å². The molecule has 0 radical (unpaired) electrons. The van der Waals surface area contributed by atoms with Gasteiger partial charge in [0.1, 0.15) is 11.4 Å². The topological polar surface area (TPSA) is 64.7 Å². The smallest absolute Gasteiger partial charge is 0.123 e. The van der Waals surface area contributed by atoms with Crippen molar-refractivity contribution in [2.24, 2.45) is 5.73 Å². The van der Waals surface area contributed by atoms with E-state index in [1.165, 1.54) is 0 Å². The van der Waals surface area contributed by atoms with Crippen molar-refractivity contribution in [2.45, 2.75) is 36.9 Å². The van der Waals surface area contributed by atoms with Gasteiger partial charge in [0.15, 0.2) is 0 Å². The molecule has 1 aromatic carbocycles. The molecular weight excluding hydrogens is 242 g/mol. The molecule has 3 rings (SSSR count). The van der Waals surface area contributed by atoms with Crippen molar-refractivity contribution in [3.8, 4) is 5.75 Å². The van der Waals surface area contributed by atoms with E-state index < -0.39 is 11.0 Å². The molecule has 2 aliphatic rings. The third kappa shape index (κ3) is 1.64. The summed E-state index contributed by atoms with van der Waals surface area (Å²) in [7, 11) is 0. The van der Waals surface area contributed by atoms with Gasteiger partial charge in [-0.25, -0.2) is 0 Å². The molecule has 3 N–H and O–H groups in total. The number of hydrogen-bond donors (Lipinski definition) is 2. The van der Waals surface area contributed by atoms with Crippen molar-refractivity contribution < 1.29 is 14.6 Å². The molecule has 2 aliphatic heterocycles. The van der Waals surface area contributed by atoms with Gasteiger partial charge < -0.3 is 20.3 Å². The summed E-state index contributed by atoms with van der Waals surface area (Å²) in [5.74, 6) is 0.840. The SMILES string of the molecule is CC1OCCC1(O)C1(CN)CCOc2ccccc21. The third-order valence-electron chi connectivity index (χ3n) is 4.89. The fraction of sp³-hybridized carbons (Fsp3) is 0.600. The molecule has 1 fully saturated rings. The Labute approximate surface area is 113 Å². The zero-order valence-corrected chi connectivity index (χ0v) is 11.3. The molecule has 0 bridgehead atoms. The fourth-order valence-corrected chi connectivity index (χ4v) is 3.66. The Hall–Kier alpha value is -1.10. The monoisotopic (exact) mass is 263 g/mol. The van der Waals surface area contributed by atoms with Gasteiger partial charge in [0.2, 0.25) is 0 Å². The Morgan fingerprint density at radius 2 is 2.11 bits per heavy atom. The summed E-state index contributed by atoms with van der Waals surface area (Å²) in [5, 5.41) is 11.2. The lowest BCUT2D eigenvalue weighted by Gasteiger charge is -2.49. The van der Waals surface area contributed by atoms with Crippen molar-refractivity contribution in [2.75, 3.05) is 19.8 Å². The van der Waals surface area contributed by atoms with Crippen molar-refractivity contribution in [3.05, 3.63) is 29.8 Å². The number of benzene rings is 1. The number of rotatable bonds is 2. The molecule has 0 aromatic heterocycles. The minimum atomic E-state index is -0.915. The first kappa shape index (κ1) is 12.9. The van der Waals surface area contributed by atoms with E-state index in [0.29, 0.717) is 26.2 Å². The zero-order chi connectivity index (χ0) is 13.5. The number of para-hydroxylation sites is 1. The number of nitrogens with two attached hydrogens (primary N) is 1. The molecule has 4 heteroatoms. The van der Waals surface area contributed by atoms with Crippen molar-refractivity contribution >= 4 is 0 Å². The molecule has 0 amide bonds. The van der Waals surface area contributed by atoms with Crippen LogP contribution >= 0.6 is 0 Å². The molecule has 1 saturated heterocycles. The van der Waals surface area contributed by atoms with Crippen molar-refractivity contribution in [3.63, 3.8) is 0 Å². The Balaban J connectivity index is 2.15. The standard InChI is InChI=1S/C15H21NO3/c1-11-15(17,7-9-18-11)14(10-16)6-8-19-13-5-3-2-4-12(13)14/h2-5,11,17H,6-10,16H2,1H3. The Morgan fingerprint density at radius 1 is 1.32 bits per heavy atom. The lowest BCUT2D eigenvalue weighted by molar-refractivity contribution is -0.0937. The van der Waals surface area contributed by atoms with Gasteiger partial charge in [0.25, 0.3) is 0 Å². The average Bonchev–Trinajstić information content (AvgIpc) is 2.79. The van der Waals surface area contributed by atoms with Crippen LogP contribution in [0.3, 0.4) is 0 Å². The Kier molecular flexibility index (Phi) is 3.04. The van der Waals surface area contributed by atoms with Crippen LogP contribution < -0.4 is 10.5 Å². The van der Waals surface area contributed by atoms with Crippen LogP contribution in [0.2, 0.25) is 0 Å². The third-order valence-corrected chi connectivity index (χ3v) is 4.89. The molecule has 0 aliphatic carbocycles. The van der Waals surface area contributed by atoms with E-state index in [1.54, 1.807) is 0 Å². The van der Waals surface area contributed by atoms with E-state index in [0.717, 1.165) is 17.7 Å². The molecule has 4 nitrogen and oxygen atoms in total. The predicted molar refractivity (Wildman–Crippen MR) is 72.3 cm³/mol. The maximum Gasteiger partial charge on any atom is 0.123 e. The highest BCUT2D eigenvalue weighted by Gasteiger charge is 2.58. The molecule has 1 aromatic rings. The number of fused-ring (bicyclic) bond motifs is 1. The van der Waals surface area contributed by atoms with Gasteiger partial charge in [-0.3, -0.25) is 0 Å². The highest BCUT2D eigenvalue weighted by molar-refractivity contribution is 5.45. The second-order valence-corrected chi connectivity index (χ2v) is 5.57. The van der Waals surface area contributed by atoms with Crippen LogP contribution in [0.5, 0.6) is 5.75 Å². The van der Waals surface area contributed by atoms with Crippen LogP contribution in [0, 0.1) is 0 Å². The maximum atomic E-state index is 11.2. The predicted octanol–water partition coefficient (Wildman–Crippen LogP) is 1.21. The first-order valence-electron chi connectivity index (χ1n) is 6.90. The minimum Gasteiger partial charge on any atom is -0.493 e. The van der Waals surface area contributed by atoms with Gasteiger partial charge in [-0.05, 0) is 19.4 Å². The van der Waals surface area contributed by atoms with Crippen molar-refractivity contribution in [1.29, 1.82) is 0 Å². The fourth-order valence-electron chi connectivity index (χ4n) is 3.66. The van der Waals surface area contributed by atoms with Gasteiger partial charge in [0, 0.05) is 30.6 Å². The van der Waals surface area contributed by atoms with Gasteiger partial charge in [-0.1, -0.05) is 18.2 Å². The molecule has 104 valence electrons. The normalized spacial score (nSPS) is 37.7. The van der Waals surface area contributed by atoms with Gasteiger partial charge >= 0.3 is 0 Å². The van der Waals surface area contributed by atoms with E-state index in [-0.39, 0.29) is 6.10 Å². The van der Waals surface area contributed by atoms with Crippen LogP contribution in [0.4, 0.5) is 0 Å². The first-order chi connectivity index (χ1) is 9.14. The highest BCUT2D eigenvalue weighted by Crippen LogP contribution is 2.50. The summed E-state index contributed by atoms with van der Waals surface area (Å²) in [6.07, 6.45) is 1.15. The molecule has 3 atom stereocenters. The minimum absolute atomic E-state index is 0.206. The van der Waals surface area contributed by atoms with Crippen LogP contribution in [-0.2, 0) is 10.2 Å². The number of ether oxygens (including phenoxy) is 2. The molecule has 0 saturated carbocycles. The molecule has 3 unspecified atom stereocenters. The highest BCUT2D eigenvalue weighted by atomic mass is 16.5. The quantitative estimate of drug-likeness (QED) is 0.841. The number of aliphatic hydroxyl groups is 1. The van der Waals surface area contributed by atoms with E-state index in [4.69, 9.17) is 15.2 Å². The van der Waals surface area contributed by atoms with Crippen LogP contribution in [-0.4, -0.2) is 36.6 Å². The zero-order valence-electron chi connectivity index (χ0n) is 11.3. The van der Waals surface area contributed by atoms with E-state index in [2.05, 4.69) is 0 Å². The Bertz CT molecular complexity index is 478. The van der Waals surface area contributed by atoms with E-state index in [1.807, 2.05) is 31.2 Å². The van der Waals surface area contributed by atoms with Crippen LogP contribution in [0.15, 0.2) is 24.3 Å². The van der Waals surface area contributed by atoms with Gasteiger partial charge in [0.05, 0.1) is 12.7 Å². The average molecular weight is 263 g/mol. The van der Waals surface area contributed by atoms with E-state index in [9.17, 15) is 5.11 Å². The second-order valence-electron chi connectivity index (χ2n) is 5.57. The summed E-state index contributed by atoms with van der Waals surface area (Å²) in [6.45, 7) is 3.51. The maximum absolute atomic E-state index is 11.2. The van der Waals surface area contributed by atoms with E-state index >= 15 is 0 Å². The molecule has 19 heavy (non-hydrogen) atoms. The molecule has 2 heterocycles. The molecular formula is C15H21NO3. The second kappa shape index (κ2) is 4.47. The van der Waals surface area contributed by atoms with Gasteiger partial charge in [-0.2, -0.15) is 0 Å².